The van der Waals surface area contributed by atoms with Crippen molar-refractivity contribution in [3.05, 3.63) is 45.4 Å². The highest BCUT2D eigenvalue weighted by molar-refractivity contribution is 7.08. The highest BCUT2D eigenvalue weighted by atomic mass is 35.5. The van der Waals surface area contributed by atoms with Crippen molar-refractivity contribution in [3.8, 4) is 0 Å². The van der Waals surface area contributed by atoms with E-state index in [1.165, 1.54) is 17.5 Å². The van der Waals surface area contributed by atoms with E-state index in [2.05, 4.69) is 10.3 Å². The molecule has 2 aromatic heterocycles. The SMILES string of the molecule is Cc1cscc1C(=O)Nc1ccc(Cl)nc1. The van der Waals surface area contributed by atoms with Crippen molar-refractivity contribution >= 4 is 34.5 Å². The van der Waals surface area contributed by atoms with E-state index in [-0.39, 0.29) is 5.91 Å². The molecule has 0 bridgehead atoms. The molecule has 0 aliphatic carbocycles. The van der Waals surface area contributed by atoms with Crippen LogP contribution in [0, 0.1) is 6.92 Å². The molecule has 82 valence electrons. The summed E-state index contributed by atoms with van der Waals surface area (Å²) in [6, 6.07) is 3.35. The molecule has 0 unspecified atom stereocenters. The molecule has 2 aromatic rings. The van der Waals surface area contributed by atoms with Crippen molar-refractivity contribution in [3.63, 3.8) is 0 Å². The molecule has 5 heteroatoms. The first-order chi connectivity index (χ1) is 7.66. The maximum absolute atomic E-state index is 11.8. The van der Waals surface area contributed by atoms with Crippen LogP contribution in [-0.2, 0) is 0 Å². The van der Waals surface area contributed by atoms with E-state index in [9.17, 15) is 4.79 Å². The molecule has 0 aromatic carbocycles. The van der Waals surface area contributed by atoms with Crippen molar-refractivity contribution < 1.29 is 4.79 Å². The van der Waals surface area contributed by atoms with E-state index in [4.69, 9.17) is 11.6 Å². The van der Waals surface area contributed by atoms with Crippen molar-refractivity contribution in [2.75, 3.05) is 5.32 Å². The zero-order valence-corrected chi connectivity index (χ0v) is 10.1. The van der Waals surface area contributed by atoms with Gasteiger partial charge in [-0.05, 0) is 30.0 Å². The summed E-state index contributed by atoms with van der Waals surface area (Å²) >= 11 is 7.16. The van der Waals surface area contributed by atoms with Crippen LogP contribution >= 0.6 is 22.9 Å². The predicted octanol–water partition coefficient (Wildman–Crippen LogP) is 3.36. The summed E-state index contributed by atoms with van der Waals surface area (Å²) in [5.41, 5.74) is 2.31. The van der Waals surface area contributed by atoms with Gasteiger partial charge in [-0.25, -0.2) is 4.98 Å². The van der Waals surface area contributed by atoms with Crippen LogP contribution in [-0.4, -0.2) is 10.9 Å². The summed E-state index contributed by atoms with van der Waals surface area (Å²) in [7, 11) is 0. The second-order valence-electron chi connectivity index (χ2n) is 3.29. The monoisotopic (exact) mass is 252 g/mol. The summed E-state index contributed by atoms with van der Waals surface area (Å²) in [5, 5.41) is 6.93. The van der Waals surface area contributed by atoms with E-state index in [1.54, 1.807) is 12.1 Å². The summed E-state index contributed by atoms with van der Waals surface area (Å²) in [4.78, 5) is 15.7. The number of nitrogens with zero attached hydrogens (tertiary/aromatic N) is 1. The van der Waals surface area contributed by atoms with Crippen molar-refractivity contribution in [1.82, 2.24) is 4.98 Å². The number of carbonyl (C=O) groups is 1. The Hall–Kier alpha value is -1.39. The molecular formula is C11H9ClN2OS. The van der Waals surface area contributed by atoms with E-state index in [0.717, 1.165) is 5.56 Å². The van der Waals surface area contributed by atoms with Gasteiger partial charge >= 0.3 is 0 Å². The Labute approximate surface area is 102 Å². The van der Waals surface area contributed by atoms with E-state index < -0.39 is 0 Å². The van der Waals surface area contributed by atoms with Gasteiger partial charge in [0.2, 0.25) is 0 Å². The number of hydrogen-bond acceptors (Lipinski definition) is 3. The third-order valence-electron chi connectivity index (χ3n) is 2.09. The van der Waals surface area contributed by atoms with Crippen LogP contribution in [0.3, 0.4) is 0 Å². The average Bonchev–Trinajstić information content (AvgIpc) is 2.68. The Morgan fingerprint density at radius 2 is 2.25 bits per heavy atom. The summed E-state index contributed by atoms with van der Waals surface area (Å²) in [6.45, 7) is 1.91. The Kier molecular flexibility index (Phi) is 3.22. The number of anilines is 1. The van der Waals surface area contributed by atoms with Crippen LogP contribution < -0.4 is 5.32 Å². The van der Waals surface area contributed by atoms with Gasteiger partial charge in [0.1, 0.15) is 5.15 Å². The van der Waals surface area contributed by atoms with Crippen LogP contribution in [0.15, 0.2) is 29.1 Å². The molecule has 0 atom stereocenters. The van der Waals surface area contributed by atoms with Gasteiger partial charge in [0.05, 0.1) is 17.4 Å². The molecule has 1 amide bonds. The lowest BCUT2D eigenvalue weighted by Gasteiger charge is -2.03. The minimum absolute atomic E-state index is 0.122. The molecular weight excluding hydrogens is 244 g/mol. The fourth-order valence-electron chi connectivity index (χ4n) is 1.24. The van der Waals surface area contributed by atoms with Crippen molar-refractivity contribution in [1.29, 1.82) is 0 Å². The number of carbonyl (C=O) groups excluding carboxylic acids is 1. The zero-order chi connectivity index (χ0) is 11.5. The van der Waals surface area contributed by atoms with E-state index in [1.807, 2.05) is 17.7 Å². The summed E-state index contributed by atoms with van der Waals surface area (Å²) < 4.78 is 0. The highest BCUT2D eigenvalue weighted by Crippen LogP contribution is 2.16. The fraction of sp³-hybridized carbons (Fsp3) is 0.0909. The lowest BCUT2D eigenvalue weighted by Crippen LogP contribution is -2.12. The highest BCUT2D eigenvalue weighted by Gasteiger charge is 2.09. The number of nitrogens with one attached hydrogen (secondary N) is 1. The Morgan fingerprint density at radius 3 is 2.81 bits per heavy atom. The van der Waals surface area contributed by atoms with E-state index >= 15 is 0 Å². The molecule has 0 fully saturated rings. The Bertz CT molecular complexity index is 507. The van der Waals surface area contributed by atoms with Crippen molar-refractivity contribution in [2.24, 2.45) is 0 Å². The van der Waals surface area contributed by atoms with Gasteiger partial charge in [-0.15, -0.1) is 0 Å². The minimum Gasteiger partial charge on any atom is -0.321 e. The van der Waals surface area contributed by atoms with Gasteiger partial charge in [0, 0.05) is 5.38 Å². The second kappa shape index (κ2) is 4.63. The van der Waals surface area contributed by atoms with Gasteiger partial charge in [-0.3, -0.25) is 4.79 Å². The number of aryl methyl sites for hydroxylation is 1. The molecule has 0 spiro atoms. The van der Waals surface area contributed by atoms with E-state index in [0.29, 0.717) is 16.4 Å². The first-order valence-electron chi connectivity index (χ1n) is 4.62. The number of aromatic nitrogens is 1. The predicted molar refractivity (Wildman–Crippen MR) is 66.3 cm³/mol. The molecule has 0 saturated heterocycles. The summed E-state index contributed by atoms with van der Waals surface area (Å²) in [5.74, 6) is -0.122. The lowest BCUT2D eigenvalue weighted by atomic mass is 10.2. The molecule has 0 saturated carbocycles. The van der Waals surface area contributed by atoms with Crippen LogP contribution in [0.25, 0.3) is 0 Å². The molecule has 0 aliphatic heterocycles. The third kappa shape index (κ3) is 2.40. The number of halogens is 1. The maximum Gasteiger partial charge on any atom is 0.256 e. The molecule has 0 radical (unpaired) electrons. The maximum atomic E-state index is 11.8. The number of amides is 1. The number of pyridine rings is 1. The summed E-state index contributed by atoms with van der Waals surface area (Å²) in [6.07, 6.45) is 1.53. The molecule has 0 aliphatic rings. The molecule has 16 heavy (non-hydrogen) atoms. The first kappa shape index (κ1) is 11.1. The largest absolute Gasteiger partial charge is 0.321 e. The van der Waals surface area contributed by atoms with Gasteiger partial charge in [0.25, 0.3) is 5.91 Å². The van der Waals surface area contributed by atoms with Gasteiger partial charge in [0.15, 0.2) is 0 Å². The smallest absolute Gasteiger partial charge is 0.256 e. The second-order valence-corrected chi connectivity index (χ2v) is 4.42. The number of hydrogen-bond donors (Lipinski definition) is 1. The Morgan fingerprint density at radius 1 is 1.44 bits per heavy atom. The quantitative estimate of drug-likeness (QED) is 0.833. The third-order valence-corrected chi connectivity index (χ3v) is 3.17. The molecule has 1 N–H and O–H groups in total. The van der Waals surface area contributed by atoms with Crippen LogP contribution in [0.1, 0.15) is 15.9 Å². The van der Waals surface area contributed by atoms with Gasteiger partial charge in [-0.2, -0.15) is 11.3 Å². The molecule has 2 heterocycles. The average molecular weight is 253 g/mol. The Balaban J connectivity index is 2.14. The number of thiophene rings is 1. The van der Waals surface area contributed by atoms with Crippen LogP contribution in [0.5, 0.6) is 0 Å². The van der Waals surface area contributed by atoms with Gasteiger partial charge in [-0.1, -0.05) is 11.6 Å². The first-order valence-corrected chi connectivity index (χ1v) is 5.94. The molecule has 3 nitrogen and oxygen atoms in total. The number of rotatable bonds is 2. The van der Waals surface area contributed by atoms with Crippen LogP contribution in [0.4, 0.5) is 5.69 Å². The van der Waals surface area contributed by atoms with Gasteiger partial charge < -0.3 is 5.32 Å². The standard InChI is InChI=1S/C11H9ClN2OS/c1-7-5-16-6-9(7)11(15)14-8-2-3-10(12)13-4-8/h2-6H,1H3,(H,14,15). The molecule has 2 rings (SSSR count). The lowest BCUT2D eigenvalue weighted by molar-refractivity contribution is 0.102. The fourth-order valence-corrected chi connectivity index (χ4v) is 2.18. The topological polar surface area (TPSA) is 42.0 Å². The normalized spacial score (nSPS) is 10.1. The minimum atomic E-state index is -0.122. The van der Waals surface area contributed by atoms with Crippen LogP contribution in [0.2, 0.25) is 5.15 Å². The zero-order valence-electron chi connectivity index (χ0n) is 8.53. The van der Waals surface area contributed by atoms with Crippen molar-refractivity contribution in [2.45, 2.75) is 6.92 Å².